The van der Waals surface area contributed by atoms with Gasteiger partial charge in [0.05, 0.1) is 5.69 Å². The first-order valence-corrected chi connectivity index (χ1v) is 4.15. The first-order valence-electron chi connectivity index (χ1n) is 4.15. The van der Waals surface area contributed by atoms with Gasteiger partial charge in [0.15, 0.2) is 0 Å². The summed E-state index contributed by atoms with van der Waals surface area (Å²) in [5, 5.41) is 8.02. The summed E-state index contributed by atoms with van der Waals surface area (Å²) in [4.78, 5) is 0. The summed E-state index contributed by atoms with van der Waals surface area (Å²) in [6.07, 6.45) is 5.52. The van der Waals surface area contributed by atoms with Gasteiger partial charge in [0.2, 0.25) is 0 Å². The van der Waals surface area contributed by atoms with Gasteiger partial charge in [-0.25, -0.2) is 0 Å². The van der Waals surface area contributed by atoms with Crippen LogP contribution in [0.15, 0.2) is 18.3 Å². The molecular weight excluding hydrogens is 136 g/mol. The molecule has 1 aromatic rings. The molecule has 1 heterocycles. The van der Waals surface area contributed by atoms with Crippen molar-refractivity contribution in [3.8, 4) is 0 Å². The first-order chi connectivity index (χ1) is 5.37. The van der Waals surface area contributed by atoms with E-state index in [0.29, 0.717) is 5.41 Å². The molecule has 1 aliphatic rings. The predicted octanol–water partition coefficient (Wildman–Crippen LogP) is 1.92. The van der Waals surface area contributed by atoms with E-state index in [4.69, 9.17) is 0 Å². The lowest BCUT2D eigenvalue weighted by atomic mass is 9.99. The first kappa shape index (κ1) is 6.77. The molecular formula is C9H12N2. The third kappa shape index (κ3) is 1.02. The van der Waals surface area contributed by atoms with Crippen molar-refractivity contribution in [3.05, 3.63) is 24.0 Å². The standard InChI is InChI=1S/C9H12N2/c1-2-9(5-6-9)8-4-3-7-10-11-8/h3-4,7H,2,5-6H2,1H3. The second kappa shape index (κ2) is 2.29. The van der Waals surface area contributed by atoms with E-state index in [9.17, 15) is 0 Å². The maximum atomic E-state index is 4.13. The third-order valence-electron chi connectivity index (χ3n) is 2.65. The monoisotopic (exact) mass is 148 g/mol. The minimum atomic E-state index is 0.411. The fourth-order valence-corrected chi connectivity index (χ4v) is 1.53. The zero-order valence-electron chi connectivity index (χ0n) is 6.75. The number of rotatable bonds is 2. The molecule has 1 fully saturated rings. The highest BCUT2D eigenvalue weighted by atomic mass is 15.1. The zero-order chi connectivity index (χ0) is 7.73. The van der Waals surface area contributed by atoms with Crippen LogP contribution in [0, 0.1) is 0 Å². The molecule has 0 unspecified atom stereocenters. The van der Waals surface area contributed by atoms with Crippen LogP contribution in [-0.2, 0) is 5.41 Å². The van der Waals surface area contributed by atoms with Crippen molar-refractivity contribution in [2.45, 2.75) is 31.6 Å². The number of nitrogens with zero attached hydrogens (tertiary/aromatic N) is 2. The zero-order valence-corrected chi connectivity index (χ0v) is 6.75. The lowest BCUT2D eigenvalue weighted by Gasteiger charge is -2.08. The van der Waals surface area contributed by atoms with E-state index in [1.807, 2.05) is 6.07 Å². The van der Waals surface area contributed by atoms with Crippen LogP contribution in [0.25, 0.3) is 0 Å². The summed E-state index contributed by atoms with van der Waals surface area (Å²) in [6.45, 7) is 2.22. The Hall–Kier alpha value is -0.920. The summed E-state index contributed by atoms with van der Waals surface area (Å²) in [5.41, 5.74) is 1.59. The van der Waals surface area contributed by atoms with Gasteiger partial charge >= 0.3 is 0 Å². The van der Waals surface area contributed by atoms with Crippen molar-refractivity contribution in [2.24, 2.45) is 0 Å². The maximum absolute atomic E-state index is 4.13. The van der Waals surface area contributed by atoms with Crippen molar-refractivity contribution in [1.82, 2.24) is 10.2 Å². The van der Waals surface area contributed by atoms with Gasteiger partial charge in [0, 0.05) is 11.6 Å². The van der Waals surface area contributed by atoms with Crippen LogP contribution in [0.2, 0.25) is 0 Å². The average Bonchev–Trinajstić information content (AvgIpc) is 2.86. The average molecular weight is 148 g/mol. The molecule has 0 aromatic carbocycles. The smallest absolute Gasteiger partial charge is 0.0692 e. The Labute approximate surface area is 66.7 Å². The van der Waals surface area contributed by atoms with Gasteiger partial charge in [-0.15, -0.1) is 0 Å². The fraction of sp³-hybridized carbons (Fsp3) is 0.556. The highest BCUT2D eigenvalue weighted by Gasteiger charge is 2.43. The molecule has 0 spiro atoms. The van der Waals surface area contributed by atoms with Crippen LogP contribution in [0.5, 0.6) is 0 Å². The molecule has 0 aliphatic heterocycles. The highest BCUT2D eigenvalue weighted by Crippen LogP contribution is 2.49. The maximum Gasteiger partial charge on any atom is 0.0692 e. The molecule has 0 amide bonds. The predicted molar refractivity (Wildman–Crippen MR) is 43.2 cm³/mol. The molecule has 0 radical (unpaired) electrons. The van der Waals surface area contributed by atoms with Crippen molar-refractivity contribution in [2.75, 3.05) is 0 Å². The molecule has 0 atom stereocenters. The van der Waals surface area contributed by atoms with Gasteiger partial charge in [-0.3, -0.25) is 0 Å². The van der Waals surface area contributed by atoms with Crippen LogP contribution < -0.4 is 0 Å². The van der Waals surface area contributed by atoms with E-state index in [2.05, 4.69) is 23.2 Å². The molecule has 1 aliphatic carbocycles. The van der Waals surface area contributed by atoms with Crippen LogP contribution in [0.1, 0.15) is 31.9 Å². The van der Waals surface area contributed by atoms with E-state index < -0.39 is 0 Å². The summed E-state index contributed by atoms with van der Waals surface area (Å²) in [6, 6.07) is 4.06. The lowest BCUT2D eigenvalue weighted by Crippen LogP contribution is -2.07. The minimum absolute atomic E-state index is 0.411. The van der Waals surface area contributed by atoms with Crippen molar-refractivity contribution in [3.63, 3.8) is 0 Å². The SMILES string of the molecule is CCC1(c2cccnn2)CC1. The molecule has 2 rings (SSSR count). The van der Waals surface area contributed by atoms with Gasteiger partial charge in [-0.1, -0.05) is 6.92 Å². The van der Waals surface area contributed by atoms with E-state index in [1.165, 1.54) is 25.0 Å². The van der Waals surface area contributed by atoms with Crippen molar-refractivity contribution < 1.29 is 0 Å². The molecule has 0 N–H and O–H groups in total. The Kier molecular flexibility index (Phi) is 1.41. The lowest BCUT2D eigenvalue weighted by molar-refractivity contribution is 0.627. The topological polar surface area (TPSA) is 25.8 Å². The minimum Gasteiger partial charge on any atom is -0.159 e. The second-order valence-electron chi connectivity index (χ2n) is 3.24. The molecule has 1 saturated carbocycles. The molecule has 11 heavy (non-hydrogen) atoms. The molecule has 2 nitrogen and oxygen atoms in total. The summed E-state index contributed by atoms with van der Waals surface area (Å²) >= 11 is 0. The van der Waals surface area contributed by atoms with Gasteiger partial charge in [-0.2, -0.15) is 10.2 Å². The van der Waals surface area contributed by atoms with Crippen LogP contribution in [-0.4, -0.2) is 10.2 Å². The summed E-state index contributed by atoms with van der Waals surface area (Å²) < 4.78 is 0. The largest absolute Gasteiger partial charge is 0.159 e. The molecule has 0 bridgehead atoms. The Morgan fingerprint density at radius 2 is 2.36 bits per heavy atom. The number of hydrogen-bond acceptors (Lipinski definition) is 2. The molecule has 0 saturated heterocycles. The number of hydrogen-bond donors (Lipinski definition) is 0. The highest BCUT2D eigenvalue weighted by molar-refractivity contribution is 5.22. The normalized spacial score (nSPS) is 19.7. The van der Waals surface area contributed by atoms with Crippen molar-refractivity contribution in [1.29, 1.82) is 0 Å². The van der Waals surface area contributed by atoms with Gasteiger partial charge < -0.3 is 0 Å². The quantitative estimate of drug-likeness (QED) is 0.640. The summed E-state index contributed by atoms with van der Waals surface area (Å²) in [7, 11) is 0. The van der Waals surface area contributed by atoms with E-state index in [1.54, 1.807) is 6.20 Å². The van der Waals surface area contributed by atoms with Gasteiger partial charge in [-0.05, 0) is 31.4 Å². The van der Waals surface area contributed by atoms with E-state index in [0.717, 1.165) is 0 Å². The van der Waals surface area contributed by atoms with E-state index in [-0.39, 0.29) is 0 Å². The molecule has 2 heteroatoms. The van der Waals surface area contributed by atoms with E-state index >= 15 is 0 Å². The second-order valence-corrected chi connectivity index (χ2v) is 3.24. The van der Waals surface area contributed by atoms with Crippen LogP contribution >= 0.6 is 0 Å². The van der Waals surface area contributed by atoms with Gasteiger partial charge in [0.25, 0.3) is 0 Å². The van der Waals surface area contributed by atoms with Crippen LogP contribution in [0.4, 0.5) is 0 Å². The summed E-state index contributed by atoms with van der Waals surface area (Å²) in [5.74, 6) is 0. The Balaban J connectivity index is 2.30. The molecule has 58 valence electrons. The Morgan fingerprint density at radius 1 is 1.55 bits per heavy atom. The fourth-order valence-electron chi connectivity index (χ4n) is 1.53. The third-order valence-corrected chi connectivity index (χ3v) is 2.65. The number of aromatic nitrogens is 2. The van der Waals surface area contributed by atoms with Crippen molar-refractivity contribution >= 4 is 0 Å². The Morgan fingerprint density at radius 3 is 2.82 bits per heavy atom. The van der Waals surface area contributed by atoms with Gasteiger partial charge in [0.1, 0.15) is 0 Å². The van der Waals surface area contributed by atoms with Crippen LogP contribution in [0.3, 0.4) is 0 Å². The molecule has 1 aromatic heterocycles. The Bertz CT molecular complexity index is 239.